The van der Waals surface area contributed by atoms with E-state index in [4.69, 9.17) is 4.74 Å². The van der Waals surface area contributed by atoms with Gasteiger partial charge in [-0.25, -0.2) is 9.69 Å². The number of anilines is 1. The second-order valence-corrected chi connectivity index (χ2v) is 6.28. The minimum atomic E-state index is -0.946. The zero-order valence-electron chi connectivity index (χ0n) is 12.0. The molecular formula is C16H18N2O3. The van der Waals surface area contributed by atoms with Crippen LogP contribution >= 0.6 is 0 Å². The average molecular weight is 286 g/mol. The molecule has 0 saturated carbocycles. The lowest BCUT2D eigenvalue weighted by Gasteiger charge is -2.48. The number of hydrogen-bond donors (Lipinski definition) is 0. The highest BCUT2D eigenvalue weighted by Crippen LogP contribution is 2.44. The van der Waals surface area contributed by atoms with Crippen LogP contribution < -0.4 is 4.90 Å². The summed E-state index contributed by atoms with van der Waals surface area (Å²) >= 11 is 0. The Hall–Kier alpha value is -1.88. The molecule has 2 amide bonds. The molecule has 0 N–H and O–H groups in total. The molecule has 110 valence electrons. The van der Waals surface area contributed by atoms with Gasteiger partial charge in [-0.2, -0.15) is 0 Å². The number of hydrogen-bond acceptors (Lipinski definition) is 4. The van der Waals surface area contributed by atoms with Crippen LogP contribution in [0.15, 0.2) is 24.3 Å². The van der Waals surface area contributed by atoms with Crippen LogP contribution in [0, 0.1) is 12.8 Å². The van der Waals surface area contributed by atoms with Crippen molar-refractivity contribution in [2.45, 2.75) is 25.4 Å². The summed E-state index contributed by atoms with van der Waals surface area (Å²) in [5.41, 5.74) is 0.749. The van der Waals surface area contributed by atoms with Gasteiger partial charge in [0, 0.05) is 12.5 Å². The molecule has 0 radical (unpaired) electrons. The van der Waals surface area contributed by atoms with Crippen LogP contribution in [-0.2, 0) is 9.53 Å². The molecule has 0 aromatic heterocycles. The number of fused-ring (bicyclic) bond motifs is 2. The van der Waals surface area contributed by atoms with Crippen molar-refractivity contribution in [2.75, 3.05) is 24.5 Å². The average Bonchev–Trinajstić information content (AvgIpc) is 2.72. The maximum Gasteiger partial charge on any atom is 0.422 e. The predicted octanol–water partition coefficient (Wildman–Crippen LogP) is 1.94. The van der Waals surface area contributed by atoms with Crippen LogP contribution in [0.25, 0.3) is 0 Å². The van der Waals surface area contributed by atoms with Gasteiger partial charge in [0.1, 0.15) is 0 Å². The summed E-state index contributed by atoms with van der Waals surface area (Å²) in [6.45, 7) is 4.52. The van der Waals surface area contributed by atoms with Gasteiger partial charge >= 0.3 is 6.09 Å². The molecule has 4 heterocycles. The maximum atomic E-state index is 12.9. The van der Waals surface area contributed by atoms with Crippen LogP contribution in [0.3, 0.4) is 0 Å². The third-order valence-electron chi connectivity index (χ3n) is 5.01. The van der Waals surface area contributed by atoms with Crippen molar-refractivity contribution in [3.8, 4) is 0 Å². The molecule has 21 heavy (non-hydrogen) atoms. The van der Waals surface area contributed by atoms with E-state index >= 15 is 0 Å². The fourth-order valence-electron chi connectivity index (χ4n) is 3.81. The Morgan fingerprint density at radius 2 is 1.81 bits per heavy atom. The van der Waals surface area contributed by atoms with Gasteiger partial charge in [0.05, 0.1) is 5.69 Å². The molecular weight excluding hydrogens is 268 g/mol. The van der Waals surface area contributed by atoms with E-state index < -0.39 is 11.7 Å². The summed E-state index contributed by atoms with van der Waals surface area (Å²) in [4.78, 5) is 28.6. The van der Waals surface area contributed by atoms with Crippen LogP contribution in [-0.4, -0.2) is 42.1 Å². The summed E-state index contributed by atoms with van der Waals surface area (Å²) in [7, 11) is 0. The first-order valence-corrected chi connectivity index (χ1v) is 7.47. The number of imide groups is 1. The van der Waals surface area contributed by atoms with Gasteiger partial charge < -0.3 is 4.74 Å². The molecule has 5 rings (SSSR count). The first-order valence-electron chi connectivity index (χ1n) is 7.47. The van der Waals surface area contributed by atoms with Gasteiger partial charge in [-0.3, -0.25) is 9.69 Å². The predicted molar refractivity (Wildman–Crippen MR) is 77.0 cm³/mol. The molecule has 5 nitrogen and oxygen atoms in total. The summed E-state index contributed by atoms with van der Waals surface area (Å²) in [5, 5.41) is 0. The second-order valence-electron chi connectivity index (χ2n) is 6.28. The quantitative estimate of drug-likeness (QED) is 0.791. The lowest BCUT2D eigenvalue weighted by Crippen LogP contribution is -2.63. The Kier molecular flexibility index (Phi) is 2.63. The Morgan fingerprint density at radius 1 is 1.14 bits per heavy atom. The third kappa shape index (κ3) is 1.73. The van der Waals surface area contributed by atoms with Gasteiger partial charge in [-0.1, -0.05) is 17.7 Å². The number of aryl methyl sites for hydroxylation is 1. The lowest BCUT2D eigenvalue weighted by molar-refractivity contribution is -0.148. The van der Waals surface area contributed by atoms with E-state index in [1.54, 1.807) is 12.1 Å². The highest BCUT2D eigenvalue weighted by Gasteiger charge is 2.62. The molecule has 4 fully saturated rings. The molecule has 0 aliphatic carbocycles. The first-order chi connectivity index (χ1) is 10.1. The standard InChI is InChI=1S/C16H18N2O3/c1-11-2-4-13(5-3-11)18-14(19)16(21-15(18)20)10-17-8-6-12(16)7-9-17/h2-5,12H,6-10H2,1H3. The second kappa shape index (κ2) is 4.31. The fraction of sp³-hybridized carbons (Fsp3) is 0.500. The molecule has 2 bridgehead atoms. The number of rotatable bonds is 1. The van der Waals surface area contributed by atoms with Gasteiger partial charge in [-0.05, 0) is 45.0 Å². The molecule has 1 atom stereocenters. The van der Waals surface area contributed by atoms with Crippen molar-refractivity contribution < 1.29 is 14.3 Å². The van der Waals surface area contributed by atoms with Crippen molar-refractivity contribution in [3.63, 3.8) is 0 Å². The Morgan fingerprint density at radius 3 is 2.38 bits per heavy atom. The molecule has 1 unspecified atom stereocenters. The minimum absolute atomic E-state index is 0.161. The highest BCUT2D eigenvalue weighted by atomic mass is 16.6. The molecule has 1 spiro atoms. The van der Waals surface area contributed by atoms with Crippen molar-refractivity contribution in [2.24, 2.45) is 5.92 Å². The van der Waals surface area contributed by atoms with E-state index in [-0.39, 0.29) is 11.8 Å². The van der Waals surface area contributed by atoms with Gasteiger partial charge in [0.15, 0.2) is 0 Å². The molecule has 4 saturated heterocycles. The van der Waals surface area contributed by atoms with Gasteiger partial charge in [-0.15, -0.1) is 0 Å². The minimum Gasteiger partial charge on any atom is -0.430 e. The molecule has 1 aromatic carbocycles. The number of nitrogens with zero attached hydrogens (tertiary/aromatic N) is 2. The van der Waals surface area contributed by atoms with E-state index in [2.05, 4.69) is 4.90 Å². The van der Waals surface area contributed by atoms with E-state index in [0.717, 1.165) is 31.5 Å². The SMILES string of the molecule is Cc1ccc(N2C(=O)OC3(CN4CCC3CC4)C2=O)cc1. The topological polar surface area (TPSA) is 49.9 Å². The summed E-state index contributed by atoms with van der Waals surface area (Å²) in [5.74, 6) is -0.0276. The van der Waals surface area contributed by atoms with Crippen molar-refractivity contribution in [1.82, 2.24) is 4.90 Å². The van der Waals surface area contributed by atoms with Crippen molar-refractivity contribution in [1.29, 1.82) is 0 Å². The molecule has 4 aliphatic rings. The number of carbonyl (C=O) groups is 2. The zero-order chi connectivity index (χ0) is 14.6. The Bertz CT molecular complexity index is 604. The number of ether oxygens (including phenoxy) is 1. The zero-order valence-corrected chi connectivity index (χ0v) is 12.0. The third-order valence-corrected chi connectivity index (χ3v) is 5.01. The fourth-order valence-corrected chi connectivity index (χ4v) is 3.81. The molecule has 4 aliphatic heterocycles. The van der Waals surface area contributed by atoms with Gasteiger partial charge in [0.25, 0.3) is 5.91 Å². The van der Waals surface area contributed by atoms with Crippen molar-refractivity contribution in [3.05, 3.63) is 29.8 Å². The smallest absolute Gasteiger partial charge is 0.422 e. The molecule has 1 aromatic rings. The van der Waals surface area contributed by atoms with Crippen molar-refractivity contribution >= 4 is 17.7 Å². The van der Waals surface area contributed by atoms with Crippen LogP contribution in [0.2, 0.25) is 0 Å². The van der Waals surface area contributed by atoms with E-state index in [1.165, 1.54) is 4.90 Å². The van der Waals surface area contributed by atoms with E-state index in [0.29, 0.717) is 12.2 Å². The normalized spacial score (nSPS) is 34.6. The summed E-state index contributed by atoms with van der Waals surface area (Å²) in [6, 6.07) is 7.40. The van der Waals surface area contributed by atoms with Gasteiger partial charge in [0.2, 0.25) is 5.60 Å². The van der Waals surface area contributed by atoms with Crippen LogP contribution in [0.1, 0.15) is 18.4 Å². The number of benzene rings is 1. The largest absolute Gasteiger partial charge is 0.430 e. The summed E-state index contributed by atoms with van der Waals surface area (Å²) < 4.78 is 5.63. The molecule has 5 heteroatoms. The lowest BCUT2D eigenvalue weighted by atomic mass is 9.75. The number of carbonyl (C=O) groups excluding carboxylic acids is 2. The monoisotopic (exact) mass is 286 g/mol. The van der Waals surface area contributed by atoms with E-state index in [1.807, 2.05) is 19.1 Å². The number of amides is 2. The van der Waals surface area contributed by atoms with E-state index in [9.17, 15) is 9.59 Å². The summed E-state index contributed by atoms with van der Waals surface area (Å²) in [6.07, 6.45) is 1.33. The Labute approximate surface area is 123 Å². The number of piperidine rings is 3. The highest BCUT2D eigenvalue weighted by molar-refractivity contribution is 6.20. The maximum absolute atomic E-state index is 12.9. The van der Waals surface area contributed by atoms with Crippen LogP contribution in [0.5, 0.6) is 0 Å². The first kappa shape index (κ1) is 12.8. The Balaban J connectivity index is 1.71. The van der Waals surface area contributed by atoms with Crippen LogP contribution in [0.4, 0.5) is 10.5 Å².